The Kier molecular flexibility index (Phi) is 7.14. The van der Waals surface area contributed by atoms with E-state index in [9.17, 15) is 0 Å². The molecule has 0 N–H and O–H groups in total. The topological polar surface area (TPSA) is 43.5 Å². The van der Waals surface area contributed by atoms with Gasteiger partial charge in [0.1, 0.15) is 12.2 Å². The van der Waals surface area contributed by atoms with Gasteiger partial charge in [-0.2, -0.15) is 0 Å². The Morgan fingerprint density at radius 1 is 1.00 bits per heavy atom. The molecule has 4 heteroatoms. The summed E-state index contributed by atoms with van der Waals surface area (Å²) in [7, 11) is 0. The summed E-state index contributed by atoms with van der Waals surface area (Å²) in [4.78, 5) is 0. The van der Waals surface area contributed by atoms with Crippen molar-refractivity contribution in [3.8, 4) is 0 Å². The van der Waals surface area contributed by atoms with Crippen LogP contribution in [0.15, 0.2) is 0 Å². The number of rotatable bonds is 13. The summed E-state index contributed by atoms with van der Waals surface area (Å²) in [5.74, 6) is 0. The largest absolute Gasteiger partial charge is 0.379 e. The molecule has 0 saturated carbocycles. The van der Waals surface area contributed by atoms with E-state index in [0.29, 0.717) is 18.3 Å². The molecule has 2 saturated heterocycles. The van der Waals surface area contributed by atoms with E-state index in [1.807, 2.05) is 0 Å². The van der Waals surface area contributed by atoms with Gasteiger partial charge in [-0.3, -0.25) is 0 Å². The van der Waals surface area contributed by atoms with E-state index in [-0.39, 0.29) is 0 Å². The number of ether oxygens (including phenoxy) is 4. The molecule has 0 aliphatic carbocycles. The first kappa shape index (κ1) is 15.2. The van der Waals surface area contributed by atoms with Crippen molar-refractivity contribution < 1.29 is 18.9 Å². The van der Waals surface area contributed by atoms with Crippen molar-refractivity contribution in [3.63, 3.8) is 0 Å². The molecular weight excluding hydrogens is 244 g/mol. The van der Waals surface area contributed by atoms with Crippen molar-refractivity contribution in [2.24, 2.45) is 0 Å². The van der Waals surface area contributed by atoms with Crippen LogP contribution < -0.4 is 0 Å². The van der Waals surface area contributed by atoms with Gasteiger partial charge in [-0.25, -0.2) is 0 Å². The monoisotopic (exact) mass is 272 g/mol. The molecule has 2 aliphatic rings. The maximum absolute atomic E-state index is 5.90. The fourth-order valence-corrected chi connectivity index (χ4v) is 2.17. The van der Waals surface area contributed by atoms with Crippen molar-refractivity contribution in [1.29, 1.82) is 0 Å². The predicted molar refractivity (Wildman–Crippen MR) is 73.4 cm³/mol. The highest BCUT2D eigenvalue weighted by molar-refractivity contribution is 4.69. The predicted octanol–water partition coefficient (Wildman–Crippen LogP) is 2.55. The summed E-state index contributed by atoms with van der Waals surface area (Å²) in [5, 5.41) is 0. The first-order valence-corrected chi connectivity index (χ1v) is 7.81. The molecule has 0 spiro atoms. The van der Waals surface area contributed by atoms with E-state index in [1.165, 1.54) is 32.1 Å². The van der Waals surface area contributed by atoms with E-state index < -0.39 is 0 Å². The van der Waals surface area contributed by atoms with E-state index in [4.69, 9.17) is 18.9 Å². The van der Waals surface area contributed by atoms with Crippen molar-refractivity contribution in [3.05, 3.63) is 0 Å². The van der Waals surface area contributed by atoms with Crippen LogP contribution in [-0.4, -0.2) is 51.3 Å². The minimum atomic E-state index is 0.386. The molecular formula is C15H28O4. The van der Waals surface area contributed by atoms with Crippen LogP contribution >= 0.6 is 0 Å². The second-order valence-corrected chi connectivity index (χ2v) is 5.58. The van der Waals surface area contributed by atoms with Gasteiger partial charge in [0.25, 0.3) is 0 Å². The summed E-state index contributed by atoms with van der Waals surface area (Å²) in [6, 6.07) is 0. The Morgan fingerprint density at radius 2 is 1.74 bits per heavy atom. The summed E-state index contributed by atoms with van der Waals surface area (Å²) in [6.45, 7) is 6.44. The van der Waals surface area contributed by atoms with Crippen molar-refractivity contribution in [2.45, 2.75) is 63.8 Å². The molecule has 3 unspecified atom stereocenters. The van der Waals surface area contributed by atoms with Crippen LogP contribution in [0, 0.1) is 0 Å². The van der Waals surface area contributed by atoms with Crippen LogP contribution in [0.1, 0.15) is 45.4 Å². The zero-order valence-corrected chi connectivity index (χ0v) is 12.1. The van der Waals surface area contributed by atoms with Crippen LogP contribution in [0.25, 0.3) is 0 Å². The maximum atomic E-state index is 5.90. The van der Waals surface area contributed by atoms with Crippen LogP contribution in [-0.2, 0) is 18.9 Å². The molecule has 2 aliphatic heterocycles. The number of epoxide rings is 2. The van der Waals surface area contributed by atoms with Gasteiger partial charge in [0.2, 0.25) is 0 Å². The van der Waals surface area contributed by atoms with E-state index >= 15 is 0 Å². The lowest BCUT2D eigenvalue weighted by atomic mass is 10.1. The van der Waals surface area contributed by atoms with E-state index in [2.05, 4.69) is 6.92 Å². The summed E-state index contributed by atoms with van der Waals surface area (Å²) in [6.07, 6.45) is 8.36. The molecule has 2 rings (SSSR count). The average molecular weight is 272 g/mol. The molecule has 0 radical (unpaired) electrons. The molecule has 0 aromatic carbocycles. The number of unbranched alkanes of at least 4 members (excludes halogenated alkanes) is 2. The Hall–Kier alpha value is -0.160. The molecule has 4 nitrogen and oxygen atoms in total. The Balaban J connectivity index is 1.39. The van der Waals surface area contributed by atoms with Crippen LogP contribution in [0.2, 0.25) is 0 Å². The zero-order valence-electron chi connectivity index (χ0n) is 12.1. The Bertz CT molecular complexity index is 226. The zero-order chi connectivity index (χ0) is 13.3. The van der Waals surface area contributed by atoms with Gasteiger partial charge in [0.05, 0.1) is 32.5 Å². The van der Waals surface area contributed by atoms with Crippen LogP contribution in [0.5, 0.6) is 0 Å². The highest BCUT2D eigenvalue weighted by Crippen LogP contribution is 2.16. The quantitative estimate of drug-likeness (QED) is 0.382. The number of hydrogen-bond donors (Lipinski definition) is 0. The third-order valence-electron chi connectivity index (χ3n) is 3.55. The molecule has 0 aromatic rings. The van der Waals surface area contributed by atoms with Gasteiger partial charge in [0, 0.05) is 6.61 Å². The standard InChI is InChI=1S/C15H28O4/c1-2-6-13(17-11-15-12-19-15)7-4-3-5-8-16-9-14-10-18-14/h13-15H,2-12H2,1H3. The van der Waals surface area contributed by atoms with Gasteiger partial charge < -0.3 is 18.9 Å². The van der Waals surface area contributed by atoms with Crippen molar-refractivity contribution >= 4 is 0 Å². The van der Waals surface area contributed by atoms with Crippen molar-refractivity contribution in [2.75, 3.05) is 33.0 Å². The summed E-state index contributed by atoms with van der Waals surface area (Å²) in [5.41, 5.74) is 0. The lowest BCUT2D eigenvalue weighted by Crippen LogP contribution is -2.16. The molecule has 19 heavy (non-hydrogen) atoms. The van der Waals surface area contributed by atoms with Gasteiger partial charge in [-0.15, -0.1) is 0 Å². The third kappa shape index (κ3) is 7.88. The fourth-order valence-electron chi connectivity index (χ4n) is 2.17. The molecule has 2 fully saturated rings. The van der Waals surface area contributed by atoms with Gasteiger partial charge in [0.15, 0.2) is 0 Å². The normalized spacial score (nSPS) is 26.4. The Morgan fingerprint density at radius 3 is 2.42 bits per heavy atom. The van der Waals surface area contributed by atoms with E-state index in [1.54, 1.807) is 0 Å². The van der Waals surface area contributed by atoms with Crippen LogP contribution in [0.4, 0.5) is 0 Å². The average Bonchev–Trinajstić information content (AvgIpc) is 3.27. The first-order chi connectivity index (χ1) is 9.38. The first-order valence-electron chi connectivity index (χ1n) is 7.81. The fraction of sp³-hybridized carbons (Fsp3) is 1.00. The molecule has 0 bridgehead atoms. The SMILES string of the molecule is CCCC(CCCCCOCC1CO1)OCC1CO1. The summed E-state index contributed by atoms with van der Waals surface area (Å²) < 4.78 is 21.7. The minimum absolute atomic E-state index is 0.386. The number of hydrogen-bond acceptors (Lipinski definition) is 4. The second-order valence-electron chi connectivity index (χ2n) is 5.58. The molecule has 2 heterocycles. The third-order valence-corrected chi connectivity index (χ3v) is 3.55. The lowest BCUT2D eigenvalue weighted by Gasteiger charge is -2.16. The van der Waals surface area contributed by atoms with Gasteiger partial charge >= 0.3 is 0 Å². The molecule has 0 aromatic heterocycles. The molecule has 0 amide bonds. The lowest BCUT2D eigenvalue weighted by molar-refractivity contribution is 0.0294. The smallest absolute Gasteiger partial charge is 0.104 e. The van der Waals surface area contributed by atoms with Crippen LogP contribution in [0.3, 0.4) is 0 Å². The van der Waals surface area contributed by atoms with Gasteiger partial charge in [-0.1, -0.05) is 26.2 Å². The maximum Gasteiger partial charge on any atom is 0.104 e. The second kappa shape index (κ2) is 8.90. The molecule has 3 atom stereocenters. The Labute approximate surface area is 116 Å². The van der Waals surface area contributed by atoms with E-state index in [0.717, 1.165) is 39.5 Å². The molecule has 112 valence electrons. The highest BCUT2D eigenvalue weighted by atomic mass is 16.6. The van der Waals surface area contributed by atoms with Crippen molar-refractivity contribution in [1.82, 2.24) is 0 Å². The summed E-state index contributed by atoms with van der Waals surface area (Å²) >= 11 is 0. The minimum Gasteiger partial charge on any atom is -0.379 e. The highest BCUT2D eigenvalue weighted by Gasteiger charge is 2.24. The van der Waals surface area contributed by atoms with Gasteiger partial charge in [-0.05, 0) is 19.3 Å².